The summed E-state index contributed by atoms with van der Waals surface area (Å²) in [4.78, 5) is 24.8. The van der Waals surface area contributed by atoms with Gasteiger partial charge >= 0.3 is 5.97 Å². The number of amides is 1. The quantitative estimate of drug-likeness (QED) is 0.771. The monoisotopic (exact) mass is 405 g/mol. The number of hydrogen-bond donors (Lipinski definition) is 1. The summed E-state index contributed by atoms with van der Waals surface area (Å²) in [6, 6.07) is 11.1. The van der Waals surface area contributed by atoms with Crippen molar-refractivity contribution in [2.24, 2.45) is 0 Å². The highest BCUT2D eigenvalue weighted by Crippen LogP contribution is 2.41. The largest absolute Gasteiger partial charge is 0.465 e. The highest BCUT2D eigenvalue weighted by Gasteiger charge is 2.53. The molecule has 8 heteroatoms. The molecular weight excluding hydrogens is 385 g/mol. The first-order valence-electron chi connectivity index (χ1n) is 8.81. The molecular formula is C20H20FNO5S. The zero-order valence-corrected chi connectivity index (χ0v) is 16.1. The highest BCUT2D eigenvalue weighted by atomic mass is 32.2. The Bertz CT molecular complexity index is 999. The predicted octanol–water partition coefficient (Wildman–Crippen LogP) is 3.34. The van der Waals surface area contributed by atoms with E-state index in [1.165, 1.54) is 25.3 Å². The van der Waals surface area contributed by atoms with Gasteiger partial charge in [0.1, 0.15) is 5.82 Å². The SMILES string of the molecule is COC(=O)c1ccc(F)c(NC(=O)C2(S(=O)(=O)c3ccccc3)CCCC2)c1. The first-order chi connectivity index (χ1) is 13.3. The number of carbonyl (C=O) groups excluding carboxylic acids is 2. The van der Waals surface area contributed by atoms with Crippen molar-refractivity contribution in [1.29, 1.82) is 0 Å². The molecule has 2 aromatic carbocycles. The summed E-state index contributed by atoms with van der Waals surface area (Å²) >= 11 is 0. The van der Waals surface area contributed by atoms with Gasteiger partial charge in [0.25, 0.3) is 0 Å². The molecule has 2 aromatic rings. The summed E-state index contributed by atoms with van der Waals surface area (Å²) in [5.41, 5.74) is -0.215. The zero-order valence-electron chi connectivity index (χ0n) is 15.3. The molecule has 0 aromatic heterocycles. The van der Waals surface area contributed by atoms with Crippen LogP contribution in [0.2, 0.25) is 0 Å². The molecule has 0 heterocycles. The summed E-state index contributed by atoms with van der Waals surface area (Å²) in [5, 5.41) is 2.39. The number of anilines is 1. The third-order valence-electron chi connectivity index (χ3n) is 5.03. The van der Waals surface area contributed by atoms with E-state index in [4.69, 9.17) is 0 Å². The molecule has 0 bridgehead atoms. The van der Waals surface area contributed by atoms with Crippen LogP contribution in [0.25, 0.3) is 0 Å². The first-order valence-corrected chi connectivity index (χ1v) is 10.3. The van der Waals surface area contributed by atoms with E-state index in [0.717, 1.165) is 12.1 Å². The number of rotatable bonds is 5. The minimum absolute atomic E-state index is 0.0468. The molecule has 1 saturated carbocycles. The minimum atomic E-state index is -3.99. The lowest BCUT2D eigenvalue weighted by Gasteiger charge is -2.27. The number of hydrogen-bond acceptors (Lipinski definition) is 5. The number of esters is 1. The molecule has 6 nitrogen and oxygen atoms in total. The molecule has 1 amide bonds. The molecule has 3 rings (SSSR count). The fourth-order valence-electron chi connectivity index (χ4n) is 3.49. The fourth-order valence-corrected chi connectivity index (χ4v) is 5.58. The summed E-state index contributed by atoms with van der Waals surface area (Å²) in [7, 11) is -2.81. The number of ether oxygens (including phenoxy) is 1. The van der Waals surface area contributed by atoms with Gasteiger partial charge in [-0.15, -0.1) is 0 Å². The number of carbonyl (C=O) groups is 2. The Morgan fingerprint density at radius 3 is 2.32 bits per heavy atom. The molecule has 1 N–H and O–H groups in total. The number of halogens is 1. The number of sulfone groups is 1. The van der Waals surface area contributed by atoms with Crippen molar-refractivity contribution < 1.29 is 27.1 Å². The van der Waals surface area contributed by atoms with E-state index >= 15 is 0 Å². The Morgan fingerprint density at radius 1 is 1.07 bits per heavy atom. The van der Waals surface area contributed by atoms with Crippen LogP contribution < -0.4 is 5.32 Å². The lowest BCUT2D eigenvalue weighted by molar-refractivity contribution is -0.118. The van der Waals surface area contributed by atoms with Crippen LogP contribution >= 0.6 is 0 Å². The van der Waals surface area contributed by atoms with Gasteiger partial charge in [-0.2, -0.15) is 0 Å². The number of benzene rings is 2. The lowest BCUT2D eigenvalue weighted by atomic mass is 10.1. The molecule has 28 heavy (non-hydrogen) atoms. The molecule has 0 atom stereocenters. The van der Waals surface area contributed by atoms with Gasteiger partial charge in [-0.1, -0.05) is 31.0 Å². The van der Waals surface area contributed by atoms with Crippen LogP contribution in [0.15, 0.2) is 53.4 Å². The smallest absolute Gasteiger partial charge is 0.337 e. The van der Waals surface area contributed by atoms with E-state index in [2.05, 4.69) is 10.1 Å². The minimum Gasteiger partial charge on any atom is -0.465 e. The Kier molecular flexibility index (Phi) is 5.51. The van der Waals surface area contributed by atoms with Crippen LogP contribution in [-0.4, -0.2) is 32.2 Å². The molecule has 1 aliphatic rings. The average molecular weight is 405 g/mol. The van der Waals surface area contributed by atoms with Crippen LogP contribution in [0.5, 0.6) is 0 Å². The van der Waals surface area contributed by atoms with Gasteiger partial charge in [0, 0.05) is 0 Å². The maximum Gasteiger partial charge on any atom is 0.337 e. The number of methoxy groups -OCH3 is 1. The fraction of sp³-hybridized carbons (Fsp3) is 0.300. The Morgan fingerprint density at radius 2 is 1.71 bits per heavy atom. The van der Waals surface area contributed by atoms with Gasteiger partial charge in [-0.05, 0) is 43.2 Å². The molecule has 0 aliphatic heterocycles. The van der Waals surface area contributed by atoms with Crippen LogP contribution in [0.1, 0.15) is 36.0 Å². The predicted molar refractivity (Wildman–Crippen MR) is 101 cm³/mol. The van der Waals surface area contributed by atoms with Crippen LogP contribution in [-0.2, 0) is 19.4 Å². The van der Waals surface area contributed by atoms with Gasteiger partial charge in [0.2, 0.25) is 5.91 Å². The Labute approximate surface area is 162 Å². The second-order valence-corrected chi connectivity index (χ2v) is 8.92. The molecule has 0 radical (unpaired) electrons. The molecule has 148 valence electrons. The van der Waals surface area contributed by atoms with Gasteiger partial charge in [0.15, 0.2) is 14.6 Å². The van der Waals surface area contributed by atoms with E-state index in [1.54, 1.807) is 18.2 Å². The van der Waals surface area contributed by atoms with Gasteiger partial charge in [-0.25, -0.2) is 17.6 Å². The second kappa shape index (κ2) is 7.71. The van der Waals surface area contributed by atoms with Gasteiger partial charge in [0.05, 0.1) is 23.3 Å². The third-order valence-corrected chi connectivity index (χ3v) is 7.54. The third kappa shape index (κ3) is 3.40. The Hall–Kier alpha value is -2.74. The lowest BCUT2D eigenvalue weighted by Crippen LogP contribution is -2.47. The van der Waals surface area contributed by atoms with Crippen LogP contribution in [0, 0.1) is 5.82 Å². The topological polar surface area (TPSA) is 89.5 Å². The van der Waals surface area contributed by atoms with Crippen molar-refractivity contribution in [2.75, 3.05) is 12.4 Å². The van der Waals surface area contributed by atoms with Crippen molar-refractivity contribution in [3.8, 4) is 0 Å². The van der Waals surface area contributed by atoms with Crippen LogP contribution in [0.4, 0.5) is 10.1 Å². The second-order valence-electron chi connectivity index (χ2n) is 6.66. The van der Waals surface area contributed by atoms with Crippen molar-refractivity contribution in [2.45, 2.75) is 35.3 Å². The zero-order chi connectivity index (χ0) is 20.4. The maximum atomic E-state index is 14.2. The van der Waals surface area contributed by atoms with Crippen LogP contribution in [0.3, 0.4) is 0 Å². The standard InChI is InChI=1S/C20H20FNO5S/c1-27-18(23)14-9-10-16(21)17(13-14)22-19(24)20(11-5-6-12-20)28(25,26)15-7-3-2-4-8-15/h2-4,7-10,13H,5-6,11-12H2,1H3,(H,22,24). The molecule has 0 spiro atoms. The van der Waals surface area contributed by atoms with Crippen molar-refractivity contribution in [3.05, 3.63) is 59.9 Å². The summed E-state index contributed by atoms with van der Waals surface area (Å²) in [6.45, 7) is 0. The van der Waals surface area contributed by atoms with E-state index in [1.807, 2.05) is 0 Å². The molecule has 1 fully saturated rings. The van der Waals surface area contributed by atoms with Gasteiger partial charge < -0.3 is 10.1 Å². The van der Waals surface area contributed by atoms with Gasteiger partial charge in [-0.3, -0.25) is 4.79 Å². The molecule has 0 unspecified atom stereocenters. The Balaban J connectivity index is 1.99. The molecule has 0 saturated heterocycles. The molecule has 1 aliphatic carbocycles. The summed E-state index contributed by atoms with van der Waals surface area (Å²) < 4.78 is 43.7. The van der Waals surface area contributed by atoms with E-state index in [0.29, 0.717) is 12.8 Å². The summed E-state index contributed by atoms with van der Waals surface area (Å²) in [5.74, 6) is -2.26. The van der Waals surface area contributed by atoms with Crippen molar-refractivity contribution >= 4 is 27.4 Å². The first kappa shape index (κ1) is 20.0. The van der Waals surface area contributed by atoms with Crippen molar-refractivity contribution in [1.82, 2.24) is 0 Å². The average Bonchev–Trinajstić information content (AvgIpc) is 3.21. The van der Waals surface area contributed by atoms with E-state index in [-0.39, 0.29) is 29.0 Å². The van der Waals surface area contributed by atoms with E-state index in [9.17, 15) is 22.4 Å². The normalized spacial score (nSPS) is 15.8. The number of nitrogens with one attached hydrogen (secondary N) is 1. The highest BCUT2D eigenvalue weighted by molar-refractivity contribution is 7.93. The van der Waals surface area contributed by atoms with E-state index < -0.39 is 32.3 Å². The van der Waals surface area contributed by atoms with Crippen molar-refractivity contribution in [3.63, 3.8) is 0 Å². The maximum absolute atomic E-state index is 14.2. The summed E-state index contributed by atoms with van der Waals surface area (Å²) in [6.07, 6.45) is 1.44.